The van der Waals surface area contributed by atoms with Crippen molar-refractivity contribution >= 4 is 5.82 Å². The van der Waals surface area contributed by atoms with E-state index in [-0.39, 0.29) is 0 Å². The van der Waals surface area contributed by atoms with Crippen LogP contribution in [0.2, 0.25) is 0 Å². The molecule has 0 unspecified atom stereocenters. The molecule has 0 saturated heterocycles. The SMILES string of the molecule is COc1cccnc1NCCOCC1CC1. The van der Waals surface area contributed by atoms with Crippen molar-refractivity contribution in [2.24, 2.45) is 5.92 Å². The smallest absolute Gasteiger partial charge is 0.168 e. The Kier molecular flexibility index (Phi) is 3.99. The van der Waals surface area contributed by atoms with Crippen LogP contribution in [0.1, 0.15) is 12.8 Å². The van der Waals surface area contributed by atoms with E-state index in [0.29, 0.717) is 0 Å². The van der Waals surface area contributed by atoms with Gasteiger partial charge in [0.2, 0.25) is 0 Å². The Morgan fingerprint density at radius 3 is 3.12 bits per heavy atom. The van der Waals surface area contributed by atoms with Crippen LogP contribution in [0, 0.1) is 5.92 Å². The molecule has 16 heavy (non-hydrogen) atoms. The minimum Gasteiger partial charge on any atom is -0.493 e. The molecule has 0 aromatic carbocycles. The molecule has 0 spiro atoms. The van der Waals surface area contributed by atoms with Gasteiger partial charge in [-0.3, -0.25) is 0 Å². The molecule has 1 saturated carbocycles. The van der Waals surface area contributed by atoms with E-state index in [0.717, 1.165) is 37.2 Å². The summed E-state index contributed by atoms with van der Waals surface area (Å²) >= 11 is 0. The lowest BCUT2D eigenvalue weighted by Gasteiger charge is -2.09. The maximum absolute atomic E-state index is 5.52. The number of pyridine rings is 1. The average molecular weight is 222 g/mol. The van der Waals surface area contributed by atoms with Crippen molar-refractivity contribution in [2.45, 2.75) is 12.8 Å². The molecule has 1 N–H and O–H groups in total. The molecule has 4 heteroatoms. The van der Waals surface area contributed by atoms with Crippen molar-refractivity contribution in [3.63, 3.8) is 0 Å². The molecular formula is C12H18N2O2. The maximum atomic E-state index is 5.52. The Balaban J connectivity index is 1.67. The molecule has 88 valence electrons. The lowest BCUT2D eigenvalue weighted by Crippen LogP contribution is -2.12. The molecule has 0 bridgehead atoms. The van der Waals surface area contributed by atoms with Crippen LogP contribution in [0.15, 0.2) is 18.3 Å². The quantitative estimate of drug-likeness (QED) is 0.716. The number of ether oxygens (including phenoxy) is 2. The zero-order chi connectivity index (χ0) is 11.2. The van der Waals surface area contributed by atoms with Gasteiger partial charge in [-0.15, -0.1) is 0 Å². The number of anilines is 1. The van der Waals surface area contributed by atoms with Gasteiger partial charge in [-0.2, -0.15) is 0 Å². The summed E-state index contributed by atoms with van der Waals surface area (Å²) in [7, 11) is 1.64. The summed E-state index contributed by atoms with van der Waals surface area (Å²) in [6.07, 6.45) is 4.42. The van der Waals surface area contributed by atoms with E-state index in [2.05, 4.69) is 10.3 Å². The average Bonchev–Trinajstić information content (AvgIpc) is 3.13. The first-order chi connectivity index (χ1) is 7.90. The van der Waals surface area contributed by atoms with E-state index >= 15 is 0 Å². The molecule has 1 aromatic rings. The number of methoxy groups -OCH3 is 1. The molecule has 1 aliphatic carbocycles. The van der Waals surface area contributed by atoms with Crippen molar-refractivity contribution in [1.82, 2.24) is 4.98 Å². The van der Waals surface area contributed by atoms with E-state index in [1.165, 1.54) is 12.8 Å². The number of nitrogens with one attached hydrogen (secondary N) is 1. The Morgan fingerprint density at radius 1 is 1.50 bits per heavy atom. The number of aromatic nitrogens is 1. The van der Waals surface area contributed by atoms with Crippen molar-refractivity contribution in [1.29, 1.82) is 0 Å². The van der Waals surface area contributed by atoms with E-state index < -0.39 is 0 Å². The second kappa shape index (κ2) is 5.70. The fourth-order valence-corrected chi connectivity index (χ4v) is 1.46. The fourth-order valence-electron chi connectivity index (χ4n) is 1.46. The van der Waals surface area contributed by atoms with Crippen LogP contribution in [0.5, 0.6) is 5.75 Å². The van der Waals surface area contributed by atoms with Gasteiger partial charge in [-0.05, 0) is 30.9 Å². The number of hydrogen-bond donors (Lipinski definition) is 1. The number of nitrogens with zero attached hydrogens (tertiary/aromatic N) is 1. The highest BCUT2D eigenvalue weighted by Gasteiger charge is 2.20. The minimum absolute atomic E-state index is 0.718. The van der Waals surface area contributed by atoms with E-state index in [1.54, 1.807) is 13.3 Å². The van der Waals surface area contributed by atoms with Gasteiger partial charge in [-0.25, -0.2) is 4.98 Å². The molecule has 4 nitrogen and oxygen atoms in total. The summed E-state index contributed by atoms with van der Waals surface area (Å²) in [6, 6.07) is 3.74. The van der Waals surface area contributed by atoms with Gasteiger partial charge in [0, 0.05) is 19.3 Å². The third-order valence-corrected chi connectivity index (χ3v) is 2.58. The van der Waals surface area contributed by atoms with Gasteiger partial charge < -0.3 is 14.8 Å². The Labute approximate surface area is 96.0 Å². The second-order valence-electron chi connectivity index (χ2n) is 4.00. The standard InChI is InChI=1S/C12H18N2O2/c1-15-11-3-2-6-13-12(11)14-7-8-16-9-10-4-5-10/h2-3,6,10H,4-5,7-9H2,1H3,(H,13,14). The zero-order valence-corrected chi connectivity index (χ0v) is 9.61. The summed E-state index contributed by atoms with van der Waals surface area (Å²) < 4.78 is 10.7. The van der Waals surface area contributed by atoms with Crippen molar-refractivity contribution in [3.8, 4) is 5.75 Å². The van der Waals surface area contributed by atoms with Gasteiger partial charge in [-0.1, -0.05) is 0 Å². The monoisotopic (exact) mass is 222 g/mol. The van der Waals surface area contributed by atoms with Crippen molar-refractivity contribution in [3.05, 3.63) is 18.3 Å². The topological polar surface area (TPSA) is 43.4 Å². The van der Waals surface area contributed by atoms with E-state index in [1.807, 2.05) is 12.1 Å². The highest BCUT2D eigenvalue weighted by molar-refractivity contribution is 5.49. The Bertz CT molecular complexity index is 327. The van der Waals surface area contributed by atoms with Crippen LogP contribution >= 0.6 is 0 Å². The highest BCUT2D eigenvalue weighted by atomic mass is 16.5. The zero-order valence-electron chi connectivity index (χ0n) is 9.61. The molecule has 0 aliphatic heterocycles. The number of rotatable bonds is 7. The molecule has 1 aliphatic rings. The van der Waals surface area contributed by atoms with Gasteiger partial charge in [0.25, 0.3) is 0 Å². The summed E-state index contributed by atoms with van der Waals surface area (Å²) in [5.41, 5.74) is 0. The van der Waals surface area contributed by atoms with Gasteiger partial charge >= 0.3 is 0 Å². The number of hydrogen-bond acceptors (Lipinski definition) is 4. The molecule has 0 amide bonds. The van der Waals surface area contributed by atoms with Crippen LogP contribution in [0.4, 0.5) is 5.82 Å². The third-order valence-electron chi connectivity index (χ3n) is 2.58. The van der Waals surface area contributed by atoms with Gasteiger partial charge in [0.1, 0.15) is 0 Å². The normalized spacial score (nSPS) is 14.8. The fraction of sp³-hybridized carbons (Fsp3) is 0.583. The molecule has 1 heterocycles. The molecule has 0 radical (unpaired) electrons. The first-order valence-corrected chi connectivity index (χ1v) is 5.71. The maximum Gasteiger partial charge on any atom is 0.168 e. The van der Waals surface area contributed by atoms with Crippen molar-refractivity contribution < 1.29 is 9.47 Å². The minimum atomic E-state index is 0.718. The predicted octanol–water partition coefficient (Wildman–Crippen LogP) is 1.93. The van der Waals surface area contributed by atoms with Crippen LogP contribution < -0.4 is 10.1 Å². The van der Waals surface area contributed by atoms with Crippen molar-refractivity contribution in [2.75, 3.05) is 32.2 Å². The van der Waals surface area contributed by atoms with Crippen LogP contribution in [-0.4, -0.2) is 31.9 Å². The lowest BCUT2D eigenvalue weighted by molar-refractivity contribution is 0.134. The van der Waals surface area contributed by atoms with E-state index in [4.69, 9.17) is 9.47 Å². The molecule has 1 fully saturated rings. The lowest BCUT2D eigenvalue weighted by atomic mass is 10.4. The van der Waals surface area contributed by atoms with Crippen LogP contribution in [0.25, 0.3) is 0 Å². The molecule has 0 atom stereocenters. The third kappa shape index (κ3) is 3.38. The van der Waals surface area contributed by atoms with Gasteiger partial charge in [0.15, 0.2) is 11.6 Å². The second-order valence-corrected chi connectivity index (χ2v) is 4.00. The summed E-state index contributed by atoms with van der Waals surface area (Å²) in [4.78, 5) is 4.20. The molecule has 1 aromatic heterocycles. The largest absolute Gasteiger partial charge is 0.493 e. The van der Waals surface area contributed by atoms with Crippen LogP contribution in [0.3, 0.4) is 0 Å². The summed E-state index contributed by atoms with van der Waals surface area (Å²) in [6.45, 7) is 2.39. The summed E-state index contributed by atoms with van der Waals surface area (Å²) in [5.74, 6) is 2.37. The first-order valence-electron chi connectivity index (χ1n) is 5.71. The Morgan fingerprint density at radius 2 is 2.38 bits per heavy atom. The van der Waals surface area contributed by atoms with Crippen LogP contribution in [-0.2, 0) is 4.74 Å². The molecule has 2 rings (SSSR count). The summed E-state index contributed by atoms with van der Waals surface area (Å²) in [5, 5.41) is 3.20. The Hall–Kier alpha value is -1.29. The highest BCUT2D eigenvalue weighted by Crippen LogP contribution is 2.28. The molecular weight excluding hydrogens is 204 g/mol. The van der Waals surface area contributed by atoms with Gasteiger partial charge in [0.05, 0.1) is 13.7 Å². The predicted molar refractivity (Wildman–Crippen MR) is 62.8 cm³/mol. The van der Waals surface area contributed by atoms with E-state index in [9.17, 15) is 0 Å². The first kappa shape index (κ1) is 11.2.